The molecule has 0 saturated heterocycles. The summed E-state index contributed by atoms with van der Waals surface area (Å²) in [5.41, 5.74) is 1.26. The second kappa shape index (κ2) is 4.93. The van der Waals surface area contributed by atoms with Crippen molar-refractivity contribution >= 4 is 0 Å². The van der Waals surface area contributed by atoms with Crippen LogP contribution in [0, 0.1) is 11.8 Å². The fourth-order valence-electron chi connectivity index (χ4n) is 3.30. The van der Waals surface area contributed by atoms with Gasteiger partial charge in [-0.2, -0.15) is 0 Å². The molecule has 1 fully saturated rings. The third-order valence-corrected chi connectivity index (χ3v) is 4.60. The maximum atomic E-state index is 10.3. The Morgan fingerprint density at radius 2 is 1.83 bits per heavy atom. The lowest BCUT2D eigenvalue weighted by atomic mass is 9.64. The lowest BCUT2D eigenvalue weighted by molar-refractivity contribution is 0.0152. The van der Waals surface area contributed by atoms with Crippen molar-refractivity contribution in [1.29, 1.82) is 0 Å². The molecule has 100 valence electrons. The van der Waals surface area contributed by atoms with Crippen LogP contribution in [0.3, 0.4) is 0 Å². The fraction of sp³-hybridized carbons (Fsp3) is 0.625. The zero-order chi connectivity index (χ0) is 13.3. The second-order valence-electron chi connectivity index (χ2n) is 6.33. The van der Waals surface area contributed by atoms with Gasteiger partial charge in [-0.15, -0.1) is 0 Å². The van der Waals surface area contributed by atoms with Gasteiger partial charge in [0.25, 0.3) is 0 Å². The Bertz CT molecular complexity index is 396. The van der Waals surface area contributed by atoms with Gasteiger partial charge in [-0.25, -0.2) is 0 Å². The highest BCUT2D eigenvalue weighted by atomic mass is 16.3. The first-order valence-electron chi connectivity index (χ1n) is 6.90. The summed E-state index contributed by atoms with van der Waals surface area (Å²) in [4.78, 5) is 0. The van der Waals surface area contributed by atoms with E-state index in [2.05, 4.69) is 20.8 Å². The number of aliphatic hydroxyl groups excluding tert-OH is 1. The van der Waals surface area contributed by atoms with E-state index in [1.807, 2.05) is 12.1 Å². The summed E-state index contributed by atoms with van der Waals surface area (Å²) >= 11 is 0. The monoisotopic (exact) mass is 248 g/mol. The van der Waals surface area contributed by atoms with E-state index in [0.717, 1.165) is 19.3 Å². The number of hydrogen-bond donors (Lipinski definition) is 2. The van der Waals surface area contributed by atoms with Gasteiger partial charge in [0, 0.05) is 0 Å². The van der Waals surface area contributed by atoms with Gasteiger partial charge in [-0.1, -0.05) is 32.9 Å². The quantitative estimate of drug-likeness (QED) is 0.841. The molecule has 1 aromatic carbocycles. The molecule has 0 aromatic heterocycles. The van der Waals surface area contributed by atoms with Gasteiger partial charge in [0.1, 0.15) is 5.75 Å². The highest BCUT2D eigenvalue weighted by molar-refractivity contribution is 5.31. The van der Waals surface area contributed by atoms with Gasteiger partial charge in [-0.3, -0.25) is 0 Å². The largest absolute Gasteiger partial charge is 0.508 e. The summed E-state index contributed by atoms with van der Waals surface area (Å²) in [6.07, 6.45) is 2.80. The molecule has 1 aliphatic carbocycles. The van der Waals surface area contributed by atoms with Crippen LogP contribution in [0.5, 0.6) is 5.75 Å². The maximum Gasteiger partial charge on any atom is 0.115 e. The summed E-state index contributed by atoms with van der Waals surface area (Å²) in [5.74, 6) is 1.28. The van der Waals surface area contributed by atoms with Crippen LogP contribution in [0.15, 0.2) is 24.3 Å². The smallest absolute Gasteiger partial charge is 0.115 e. The van der Waals surface area contributed by atoms with Crippen molar-refractivity contribution in [2.75, 3.05) is 0 Å². The van der Waals surface area contributed by atoms with Crippen molar-refractivity contribution in [2.24, 2.45) is 11.8 Å². The molecule has 2 N–H and O–H groups in total. The first-order valence-corrected chi connectivity index (χ1v) is 6.90. The number of rotatable bonds is 2. The molecule has 1 saturated carbocycles. The molecule has 0 spiro atoms. The van der Waals surface area contributed by atoms with E-state index in [0.29, 0.717) is 17.6 Å². The Kier molecular flexibility index (Phi) is 3.67. The molecule has 0 bridgehead atoms. The van der Waals surface area contributed by atoms with Gasteiger partial charge >= 0.3 is 0 Å². The van der Waals surface area contributed by atoms with Gasteiger partial charge in [0.15, 0.2) is 0 Å². The highest BCUT2D eigenvalue weighted by Crippen LogP contribution is 2.43. The number of hydrogen-bond acceptors (Lipinski definition) is 2. The number of phenolic OH excluding ortho intramolecular Hbond substituents is 1. The van der Waals surface area contributed by atoms with Crippen molar-refractivity contribution in [1.82, 2.24) is 0 Å². The summed E-state index contributed by atoms with van der Waals surface area (Å²) in [6, 6.07) is 7.44. The highest BCUT2D eigenvalue weighted by Gasteiger charge is 2.38. The number of benzene rings is 1. The Balaban J connectivity index is 2.17. The fourth-order valence-corrected chi connectivity index (χ4v) is 3.30. The summed E-state index contributed by atoms with van der Waals surface area (Å²) in [6.45, 7) is 6.60. The Morgan fingerprint density at radius 3 is 2.33 bits per heavy atom. The summed E-state index contributed by atoms with van der Waals surface area (Å²) in [7, 11) is 0. The Hall–Kier alpha value is -1.02. The molecular weight excluding hydrogens is 224 g/mol. The minimum atomic E-state index is -0.211. The maximum absolute atomic E-state index is 10.3. The van der Waals surface area contributed by atoms with E-state index < -0.39 is 0 Å². The number of phenols is 1. The minimum Gasteiger partial charge on any atom is -0.508 e. The molecule has 0 heterocycles. The molecule has 1 aromatic rings. The second-order valence-corrected chi connectivity index (χ2v) is 6.33. The number of aliphatic hydroxyl groups is 1. The molecule has 3 atom stereocenters. The molecule has 0 radical (unpaired) electrons. The van der Waals surface area contributed by atoms with Crippen LogP contribution >= 0.6 is 0 Å². The van der Waals surface area contributed by atoms with Crippen molar-refractivity contribution in [3.8, 4) is 5.75 Å². The SMILES string of the molecule is CC(C)[C@@H]1CC[C@@](C)(c2ccc(O)cc2)C[C@H]1O. The summed E-state index contributed by atoms with van der Waals surface area (Å²) in [5, 5.41) is 19.7. The van der Waals surface area contributed by atoms with Gasteiger partial charge in [0.05, 0.1) is 6.10 Å². The van der Waals surface area contributed by atoms with Crippen LogP contribution < -0.4 is 0 Å². The molecule has 0 unspecified atom stereocenters. The normalized spacial score (nSPS) is 32.7. The molecule has 2 nitrogen and oxygen atoms in total. The van der Waals surface area contributed by atoms with Gasteiger partial charge in [0.2, 0.25) is 0 Å². The first-order chi connectivity index (χ1) is 8.42. The van der Waals surface area contributed by atoms with Gasteiger partial charge in [-0.05, 0) is 54.2 Å². The van der Waals surface area contributed by atoms with E-state index in [9.17, 15) is 10.2 Å². The summed E-state index contributed by atoms with van der Waals surface area (Å²) < 4.78 is 0. The van der Waals surface area contributed by atoms with Crippen LogP contribution in [0.1, 0.15) is 45.6 Å². The van der Waals surface area contributed by atoms with Gasteiger partial charge < -0.3 is 10.2 Å². The molecule has 0 aliphatic heterocycles. The molecular formula is C16H24O2. The average molecular weight is 248 g/mol. The van der Waals surface area contributed by atoms with E-state index in [4.69, 9.17) is 0 Å². The van der Waals surface area contributed by atoms with Crippen LogP contribution in [0.2, 0.25) is 0 Å². The average Bonchev–Trinajstić information content (AvgIpc) is 2.29. The standard InChI is InChI=1S/C16H24O2/c1-11(2)14-8-9-16(3,10-15(14)18)12-4-6-13(17)7-5-12/h4-7,11,14-15,17-18H,8-10H2,1-3H3/t14-,15+,16+/m0/s1. The topological polar surface area (TPSA) is 40.5 Å². The first kappa shape index (κ1) is 13.4. The lowest BCUT2D eigenvalue weighted by Crippen LogP contribution is -2.40. The zero-order valence-corrected chi connectivity index (χ0v) is 11.6. The zero-order valence-electron chi connectivity index (χ0n) is 11.6. The predicted octanol–water partition coefficient (Wildman–Crippen LogP) is 3.47. The predicted molar refractivity (Wildman–Crippen MR) is 73.6 cm³/mol. The Labute approximate surface area is 110 Å². The third kappa shape index (κ3) is 2.54. The van der Waals surface area contributed by atoms with E-state index in [1.54, 1.807) is 12.1 Å². The van der Waals surface area contributed by atoms with Crippen LogP contribution in [0.4, 0.5) is 0 Å². The Morgan fingerprint density at radius 1 is 1.22 bits per heavy atom. The van der Waals surface area contributed by atoms with Crippen molar-refractivity contribution in [2.45, 2.75) is 51.6 Å². The van der Waals surface area contributed by atoms with E-state index in [-0.39, 0.29) is 11.5 Å². The third-order valence-electron chi connectivity index (χ3n) is 4.60. The van der Waals surface area contributed by atoms with Crippen LogP contribution in [0.25, 0.3) is 0 Å². The van der Waals surface area contributed by atoms with Crippen LogP contribution in [-0.4, -0.2) is 16.3 Å². The lowest BCUT2D eigenvalue weighted by Gasteiger charge is -2.42. The van der Waals surface area contributed by atoms with E-state index >= 15 is 0 Å². The van der Waals surface area contributed by atoms with E-state index in [1.165, 1.54) is 5.56 Å². The van der Waals surface area contributed by atoms with Crippen molar-refractivity contribution < 1.29 is 10.2 Å². The number of aromatic hydroxyl groups is 1. The van der Waals surface area contributed by atoms with Crippen LogP contribution in [-0.2, 0) is 5.41 Å². The molecule has 18 heavy (non-hydrogen) atoms. The van der Waals surface area contributed by atoms with Crippen molar-refractivity contribution in [3.63, 3.8) is 0 Å². The van der Waals surface area contributed by atoms with Crippen molar-refractivity contribution in [3.05, 3.63) is 29.8 Å². The molecule has 2 rings (SSSR count). The molecule has 1 aliphatic rings. The molecule has 2 heteroatoms. The molecule has 0 amide bonds. The minimum absolute atomic E-state index is 0.0402.